The smallest absolute Gasteiger partial charge is 0.481 e. The maximum absolute atomic E-state index is 14.1. The van der Waals surface area contributed by atoms with Gasteiger partial charge in [-0.15, -0.1) is 0 Å². The van der Waals surface area contributed by atoms with Crippen molar-refractivity contribution in [3.8, 4) is 5.75 Å². The molecule has 258 valence electrons. The topological polar surface area (TPSA) is 150 Å². The molecular weight excluding hydrogens is 617 g/mol. The fraction of sp³-hybridized carbons (Fsp3) is 0.618. The standard InChI is InChI=1S/C34H46BN5O8/c1-33(2)23-17-27(33)34(3)28(18-23)47-35(48-34)29(9-14-46-21-22-5-7-24(44-4)8-6-22)39-31(42)25(19-30(41)40-12-15-45-16-13-40)38-32(43)26-20-36-10-11-37-26/h5-8,10-11,20,23,25,27-29H,9,12-19,21H2,1-4H3,(H,38,43)(H,39,42)/t23-,25+,27-,28+,29-,34-/m0/s1. The van der Waals surface area contributed by atoms with Gasteiger partial charge in [-0.1, -0.05) is 26.0 Å². The zero-order valence-corrected chi connectivity index (χ0v) is 28.2. The molecule has 0 radical (unpaired) electrons. The maximum Gasteiger partial charge on any atom is 0.481 e. The van der Waals surface area contributed by atoms with E-state index in [-0.39, 0.29) is 29.5 Å². The molecule has 2 saturated heterocycles. The van der Waals surface area contributed by atoms with E-state index in [9.17, 15) is 14.4 Å². The summed E-state index contributed by atoms with van der Waals surface area (Å²) in [6, 6.07) is 6.46. The minimum Gasteiger partial charge on any atom is -0.497 e. The number of amides is 3. The summed E-state index contributed by atoms with van der Waals surface area (Å²) >= 11 is 0. The molecule has 0 spiro atoms. The largest absolute Gasteiger partial charge is 0.497 e. The summed E-state index contributed by atoms with van der Waals surface area (Å²) in [4.78, 5) is 50.2. The third kappa shape index (κ3) is 7.21. The van der Waals surface area contributed by atoms with Gasteiger partial charge in [0.05, 0.1) is 57.2 Å². The van der Waals surface area contributed by atoms with Gasteiger partial charge in [-0.2, -0.15) is 0 Å². The Morgan fingerprint density at radius 2 is 1.85 bits per heavy atom. The molecule has 2 bridgehead atoms. The van der Waals surface area contributed by atoms with Gasteiger partial charge in [0, 0.05) is 32.1 Å². The van der Waals surface area contributed by atoms with Crippen LogP contribution >= 0.6 is 0 Å². The van der Waals surface area contributed by atoms with Gasteiger partial charge in [0.1, 0.15) is 17.5 Å². The van der Waals surface area contributed by atoms with Crippen molar-refractivity contribution in [3.63, 3.8) is 0 Å². The minimum atomic E-state index is -1.18. The number of benzene rings is 1. The molecule has 13 nitrogen and oxygen atoms in total. The van der Waals surface area contributed by atoms with Gasteiger partial charge < -0.3 is 39.1 Å². The van der Waals surface area contributed by atoms with Crippen LogP contribution in [0.3, 0.4) is 0 Å². The van der Waals surface area contributed by atoms with Crippen LogP contribution in [-0.4, -0.2) is 103 Å². The molecule has 2 N–H and O–H groups in total. The molecular formula is C34H46BN5O8. The summed E-state index contributed by atoms with van der Waals surface area (Å²) < 4.78 is 30.0. The Hall–Kier alpha value is -3.59. The highest BCUT2D eigenvalue weighted by Crippen LogP contribution is 2.65. The zero-order chi connectivity index (χ0) is 33.9. The average Bonchev–Trinajstić information content (AvgIpc) is 3.47. The van der Waals surface area contributed by atoms with E-state index in [2.05, 4.69) is 41.4 Å². The first-order valence-corrected chi connectivity index (χ1v) is 16.8. The first-order valence-electron chi connectivity index (χ1n) is 16.8. The van der Waals surface area contributed by atoms with Crippen LogP contribution in [0, 0.1) is 17.3 Å². The van der Waals surface area contributed by atoms with E-state index < -0.39 is 36.5 Å². The van der Waals surface area contributed by atoms with Crippen LogP contribution in [0.2, 0.25) is 0 Å². The second kappa shape index (κ2) is 14.5. The first kappa shape index (κ1) is 34.3. The Labute approximate surface area is 281 Å². The van der Waals surface area contributed by atoms with Crippen molar-refractivity contribution in [2.45, 2.75) is 76.7 Å². The van der Waals surface area contributed by atoms with Crippen molar-refractivity contribution < 1.29 is 37.9 Å². The maximum atomic E-state index is 14.1. The summed E-state index contributed by atoms with van der Waals surface area (Å²) in [5.41, 5.74) is 0.693. The second-order valence-electron chi connectivity index (χ2n) is 14.0. The normalized spacial score (nSPS) is 26.9. The Morgan fingerprint density at radius 3 is 2.54 bits per heavy atom. The van der Waals surface area contributed by atoms with E-state index in [1.54, 1.807) is 12.0 Å². The molecule has 3 aliphatic carbocycles. The molecule has 2 aliphatic heterocycles. The first-order chi connectivity index (χ1) is 23.1. The summed E-state index contributed by atoms with van der Waals surface area (Å²) in [5, 5.41) is 5.81. The number of rotatable bonds is 13. The third-order valence-corrected chi connectivity index (χ3v) is 10.8. The van der Waals surface area contributed by atoms with Crippen molar-refractivity contribution in [1.29, 1.82) is 0 Å². The molecule has 6 atom stereocenters. The number of carbonyl (C=O) groups is 3. The van der Waals surface area contributed by atoms with Crippen molar-refractivity contribution in [2.24, 2.45) is 17.3 Å². The van der Waals surface area contributed by atoms with Crippen molar-refractivity contribution in [2.75, 3.05) is 40.0 Å². The van der Waals surface area contributed by atoms with E-state index in [4.69, 9.17) is 23.5 Å². The Morgan fingerprint density at radius 1 is 1.08 bits per heavy atom. The fourth-order valence-electron chi connectivity index (χ4n) is 7.73. The molecule has 2 aromatic rings. The van der Waals surface area contributed by atoms with Crippen LogP contribution in [0.4, 0.5) is 0 Å². The molecule has 3 amide bonds. The van der Waals surface area contributed by atoms with Gasteiger partial charge in [-0.3, -0.25) is 19.4 Å². The van der Waals surface area contributed by atoms with Crippen LogP contribution in [-0.2, 0) is 35.0 Å². The van der Waals surface area contributed by atoms with Gasteiger partial charge in [0.15, 0.2) is 0 Å². The quantitative estimate of drug-likeness (QED) is 0.241. The SMILES string of the molecule is COc1ccc(COCC[C@H](NC(=O)[C@@H](CC(=O)N2CCOCC2)NC(=O)c2cnccn2)B2O[C@@H]3C[C@@H]4C[C@@H](C4(C)C)[C@]3(C)O2)cc1. The van der Waals surface area contributed by atoms with E-state index in [0.717, 1.165) is 24.2 Å². The van der Waals surface area contributed by atoms with E-state index in [0.29, 0.717) is 57.8 Å². The average molecular weight is 664 g/mol. The third-order valence-electron chi connectivity index (χ3n) is 10.8. The number of nitrogens with one attached hydrogen (secondary N) is 2. The number of hydrogen-bond donors (Lipinski definition) is 2. The Bertz CT molecular complexity index is 1440. The van der Waals surface area contributed by atoms with Gasteiger partial charge in [0.2, 0.25) is 11.8 Å². The van der Waals surface area contributed by atoms with Crippen LogP contribution in [0.1, 0.15) is 62.5 Å². The Kier molecular flexibility index (Phi) is 10.4. The number of methoxy groups -OCH3 is 1. The lowest BCUT2D eigenvalue weighted by Crippen LogP contribution is -2.65. The summed E-state index contributed by atoms with van der Waals surface area (Å²) in [6.07, 6.45) is 6.22. The number of carbonyl (C=O) groups excluding carboxylic acids is 3. The predicted molar refractivity (Wildman–Crippen MR) is 175 cm³/mol. The highest BCUT2D eigenvalue weighted by atomic mass is 16.7. The van der Waals surface area contributed by atoms with Crippen LogP contribution in [0.5, 0.6) is 5.75 Å². The van der Waals surface area contributed by atoms with Crippen LogP contribution in [0.25, 0.3) is 0 Å². The Balaban J connectivity index is 1.17. The van der Waals surface area contributed by atoms with Gasteiger partial charge in [-0.25, -0.2) is 4.98 Å². The molecule has 1 aromatic carbocycles. The highest BCUT2D eigenvalue weighted by molar-refractivity contribution is 6.48. The van der Waals surface area contributed by atoms with Crippen molar-refractivity contribution >= 4 is 24.8 Å². The van der Waals surface area contributed by atoms with E-state index in [1.165, 1.54) is 18.6 Å². The molecule has 5 aliphatic rings. The van der Waals surface area contributed by atoms with E-state index in [1.807, 2.05) is 24.3 Å². The monoisotopic (exact) mass is 663 g/mol. The summed E-state index contributed by atoms with van der Waals surface area (Å²) in [6.45, 7) is 9.08. The molecule has 3 heterocycles. The lowest BCUT2D eigenvalue weighted by atomic mass is 9.43. The van der Waals surface area contributed by atoms with Gasteiger partial charge >= 0.3 is 7.12 Å². The fourth-order valence-corrected chi connectivity index (χ4v) is 7.73. The molecule has 3 saturated carbocycles. The number of ether oxygens (including phenoxy) is 3. The number of nitrogens with zero attached hydrogens (tertiary/aromatic N) is 3. The van der Waals surface area contributed by atoms with Gasteiger partial charge in [-0.05, 0) is 61.1 Å². The summed E-state index contributed by atoms with van der Waals surface area (Å²) in [7, 11) is 0.896. The molecule has 7 rings (SSSR count). The van der Waals surface area contributed by atoms with Crippen molar-refractivity contribution in [3.05, 3.63) is 54.1 Å². The molecule has 14 heteroatoms. The second-order valence-corrected chi connectivity index (χ2v) is 14.0. The van der Waals surface area contributed by atoms with Gasteiger partial charge in [0.25, 0.3) is 5.91 Å². The molecule has 0 unspecified atom stereocenters. The molecule has 48 heavy (non-hydrogen) atoms. The lowest BCUT2D eigenvalue weighted by molar-refractivity contribution is -0.199. The summed E-state index contributed by atoms with van der Waals surface area (Å²) in [5.74, 6) is -0.322. The molecule has 5 fully saturated rings. The lowest BCUT2D eigenvalue weighted by Gasteiger charge is -2.64. The highest BCUT2D eigenvalue weighted by Gasteiger charge is 2.68. The van der Waals surface area contributed by atoms with E-state index >= 15 is 0 Å². The molecule has 1 aromatic heterocycles. The van der Waals surface area contributed by atoms with Crippen LogP contribution in [0.15, 0.2) is 42.9 Å². The number of morpholine rings is 1. The predicted octanol–water partition coefficient (Wildman–Crippen LogP) is 2.19. The van der Waals surface area contributed by atoms with Crippen LogP contribution < -0.4 is 15.4 Å². The zero-order valence-electron chi connectivity index (χ0n) is 28.2. The number of hydrogen-bond acceptors (Lipinski definition) is 10. The number of aromatic nitrogens is 2. The van der Waals surface area contributed by atoms with Crippen molar-refractivity contribution in [1.82, 2.24) is 25.5 Å². The minimum absolute atomic E-state index is 0.0404.